The Balaban J connectivity index is 2.43. The molecule has 0 radical (unpaired) electrons. The summed E-state index contributed by atoms with van der Waals surface area (Å²) in [4.78, 5) is 0. The lowest BCUT2D eigenvalue weighted by atomic mass is 9.86. The molecule has 0 amide bonds. The standard InChI is InChI=1S/C13H19ClIN3O/c1-13(2,12(16)18-19)6-3-7-17-11-5-4-9(15)8-10(11)14/h4-5,8,17,19H,3,6-7H2,1-2H3,(H2,16,18). The number of benzene rings is 1. The summed E-state index contributed by atoms with van der Waals surface area (Å²) in [7, 11) is 0. The average Bonchev–Trinajstić information content (AvgIpc) is 2.35. The Hall–Kier alpha value is -0.690. The van der Waals surface area contributed by atoms with E-state index in [0.717, 1.165) is 33.7 Å². The van der Waals surface area contributed by atoms with E-state index in [1.165, 1.54) is 0 Å². The van der Waals surface area contributed by atoms with Gasteiger partial charge in [0.15, 0.2) is 0 Å². The molecule has 0 atom stereocenters. The van der Waals surface area contributed by atoms with Crippen molar-refractivity contribution in [3.63, 3.8) is 0 Å². The molecule has 6 heteroatoms. The van der Waals surface area contributed by atoms with E-state index in [1.807, 2.05) is 32.0 Å². The van der Waals surface area contributed by atoms with Crippen LogP contribution in [0.1, 0.15) is 26.7 Å². The van der Waals surface area contributed by atoms with Gasteiger partial charge in [-0.25, -0.2) is 0 Å². The third kappa shape index (κ3) is 5.06. The fraction of sp³-hybridized carbons (Fsp3) is 0.462. The number of nitrogens with two attached hydrogens (primary N) is 1. The zero-order valence-electron chi connectivity index (χ0n) is 11.1. The van der Waals surface area contributed by atoms with E-state index in [9.17, 15) is 0 Å². The molecule has 19 heavy (non-hydrogen) atoms. The molecule has 0 aliphatic carbocycles. The number of nitrogens with one attached hydrogen (secondary N) is 1. The first-order valence-corrected chi connectivity index (χ1v) is 7.49. The van der Waals surface area contributed by atoms with Gasteiger partial charge in [-0.1, -0.05) is 30.6 Å². The molecule has 1 aromatic rings. The number of amidine groups is 1. The number of rotatable bonds is 6. The van der Waals surface area contributed by atoms with Crippen LogP contribution in [0, 0.1) is 8.99 Å². The van der Waals surface area contributed by atoms with Crippen molar-refractivity contribution in [3.8, 4) is 0 Å². The van der Waals surface area contributed by atoms with Crippen molar-refractivity contribution in [1.29, 1.82) is 0 Å². The maximum absolute atomic E-state index is 8.70. The lowest BCUT2D eigenvalue weighted by Crippen LogP contribution is -2.32. The second-order valence-electron chi connectivity index (χ2n) is 5.02. The molecule has 4 nitrogen and oxygen atoms in total. The molecule has 0 spiro atoms. The minimum atomic E-state index is -0.299. The second-order valence-corrected chi connectivity index (χ2v) is 6.68. The fourth-order valence-electron chi connectivity index (χ4n) is 1.65. The van der Waals surface area contributed by atoms with Crippen molar-refractivity contribution in [2.45, 2.75) is 26.7 Å². The molecule has 0 saturated heterocycles. The van der Waals surface area contributed by atoms with Gasteiger partial charge in [-0.05, 0) is 53.6 Å². The highest BCUT2D eigenvalue weighted by molar-refractivity contribution is 14.1. The molecular weight excluding hydrogens is 377 g/mol. The van der Waals surface area contributed by atoms with Gasteiger partial charge in [0, 0.05) is 15.5 Å². The number of hydrogen-bond donors (Lipinski definition) is 3. The van der Waals surface area contributed by atoms with Crippen LogP contribution in [0.4, 0.5) is 5.69 Å². The zero-order chi connectivity index (χ0) is 14.5. The van der Waals surface area contributed by atoms with Crippen LogP contribution in [0.15, 0.2) is 23.4 Å². The quantitative estimate of drug-likeness (QED) is 0.171. The van der Waals surface area contributed by atoms with Crippen LogP contribution in [0.3, 0.4) is 0 Å². The van der Waals surface area contributed by atoms with Crippen molar-refractivity contribution in [1.82, 2.24) is 0 Å². The van der Waals surface area contributed by atoms with Gasteiger partial charge >= 0.3 is 0 Å². The van der Waals surface area contributed by atoms with Gasteiger partial charge in [-0.3, -0.25) is 0 Å². The monoisotopic (exact) mass is 395 g/mol. The Morgan fingerprint density at radius 1 is 1.53 bits per heavy atom. The Morgan fingerprint density at radius 3 is 2.79 bits per heavy atom. The number of oxime groups is 1. The van der Waals surface area contributed by atoms with E-state index in [4.69, 9.17) is 22.5 Å². The van der Waals surface area contributed by atoms with Crippen molar-refractivity contribution in [3.05, 3.63) is 26.8 Å². The summed E-state index contributed by atoms with van der Waals surface area (Å²) in [5, 5.41) is 15.8. The Kier molecular flexibility index (Phi) is 6.19. The molecule has 0 unspecified atom stereocenters. The van der Waals surface area contributed by atoms with Crippen LogP contribution in [0.25, 0.3) is 0 Å². The van der Waals surface area contributed by atoms with Crippen LogP contribution in [0.2, 0.25) is 5.02 Å². The SMILES string of the molecule is CC(C)(CCCNc1ccc(I)cc1Cl)/C(N)=N/O. The van der Waals surface area contributed by atoms with Gasteiger partial charge in [0.2, 0.25) is 0 Å². The predicted octanol–water partition coefficient (Wildman–Crippen LogP) is 3.91. The molecule has 4 N–H and O–H groups in total. The molecule has 0 aliphatic rings. The van der Waals surface area contributed by atoms with E-state index >= 15 is 0 Å². The molecule has 0 saturated carbocycles. The van der Waals surface area contributed by atoms with Crippen LogP contribution in [0.5, 0.6) is 0 Å². The highest BCUT2D eigenvalue weighted by Gasteiger charge is 2.22. The first-order chi connectivity index (χ1) is 8.86. The lowest BCUT2D eigenvalue weighted by Gasteiger charge is -2.22. The van der Waals surface area contributed by atoms with E-state index < -0.39 is 0 Å². The molecule has 0 fully saturated rings. The Morgan fingerprint density at radius 2 is 2.21 bits per heavy atom. The predicted molar refractivity (Wildman–Crippen MR) is 89.1 cm³/mol. The summed E-state index contributed by atoms with van der Waals surface area (Å²) in [6.07, 6.45) is 1.74. The molecule has 106 valence electrons. The summed E-state index contributed by atoms with van der Waals surface area (Å²) in [6.45, 7) is 4.71. The molecule has 0 aliphatic heterocycles. The Bertz CT molecular complexity index is 463. The molecule has 1 aromatic carbocycles. The van der Waals surface area contributed by atoms with Gasteiger partial charge in [0.25, 0.3) is 0 Å². The lowest BCUT2D eigenvalue weighted by molar-refractivity contribution is 0.305. The van der Waals surface area contributed by atoms with Crippen molar-refractivity contribution < 1.29 is 5.21 Å². The summed E-state index contributed by atoms with van der Waals surface area (Å²) < 4.78 is 1.11. The molecule has 1 rings (SSSR count). The summed E-state index contributed by atoms with van der Waals surface area (Å²) in [5.74, 6) is 0.264. The van der Waals surface area contributed by atoms with Crippen LogP contribution >= 0.6 is 34.2 Å². The normalized spacial score (nSPS) is 12.5. The van der Waals surface area contributed by atoms with E-state index in [-0.39, 0.29) is 11.3 Å². The third-order valence-electron chi connectivity index (χ3n) is 3.03. The largest absolute Gasteiger partial charge is 0.409 e. The van der Waals surface area contributed by atoms with Crippen LogP contribution < -0.4 is 11.1 Å². The zero-order valence-corrected chi connectivity index (χ0v) is 14.0. The highest BCUT2D eigenvalue weighted by atomic mass is 127. The molecule has 0 heterocycles. The van der Waals surface area contributed by atoms with Crippen LogP contribution in [-0.2, 0) is 0 Å². The first-order valence-electron chi connectivity index (χ1n) is 6.04. The van der Waals surface area contributed by atoms with Gasteiger partial charge in [-0.2, -0.15) is 0 Å². The number of nitrogens with zero attached hydrogens (tertiary/aromatic N) is 1. The summed E-state index contributed by atoms with van der Waals surface area (Å²) >= 11 is 8.36. The minimum Gasteiger partial charge on any atom is -0.409 e. The van der Waals surface area contributed by atoms with E-state index in [2.05, 4.69) is 33.1 Å². The van der Waals surface area contributed by atoms with E-state index in [1.54, 1.807) is 0 Å². The number of halogens is 2. The molecule has 0 bridgehead atoms. The number of hydrogen-bond acceptors (Lipinski definition) is 3. The topological polar surface area (TPSA) is 70.6 Å². The van der Waals surface area contributed by atoms with Crippen LogP contribution in [-0.4, -0.2) is 17.6 Å². The first kappa shape index (κ1) is 16.4. The molecular formula is C13H19ClIN3O. The maximum atomic E-state index is 8.70. The Labute approximate surface area is 132 Å². The van der Waals surface area contributed by atoms with Gasteiger partial charge in [-0.15, -0.1) is 0 Å². The fourth-order valence-corrected chi connectivity index (χ4v) is 2.57. The van der Waals surface area contributed by atoms with Gasteiger partial charge < -0.3 is 16.3 Å². The third-order valence-corrected chi connectivity index (χ3v) is 4.01. The second kappa shape index (κ2) is 7.19. The number of anilines is 1. The molecule has 0 aromatic heterocycles. The van der Waals surface area contributed by atoms with Gasteiger partial charge in [0.1, 0.15) is 5.84 Å². The van der Waals surface area contributed by atoms with E-state index in [0.29, 0.717) is 0 Å². The van der Waals surface area contributed by atoms with Crippen molar-refractivity contribution >= 4 is 45.7 Å². The maximum Gasteiger partial charge on any atom is 0.144 e. The summed E-state index contributed by atoms with van der Waals surface area (Å²) in [6, 6.07) is 5.90. The smallest absolute Gasteiger partial charge is 0.144 e. The minimum absolute atomic E-state index is 0.264. The van der Waals surface area contributed by atoms with Crippen molar-refractivity contribution in [2.24, 2.45) is 16.3 Å². The average molecular weight is 396 g/mol. The van der Waals surface area contributed by atoms with Crippen molar-refractivity contribution in [2.75, 3.05) is 11.9 Å². The highest BCUT2D eigenvalue weighted by Crippen LogP contribution is 2.25. The van der Waals surface area contributed by atoms with Gasteiger partial charge in [0.05, 0.1) is 10.7 Å². The summed E-state index contributed by atoms with van der Waals surface area (Å²) in [5.41, 5.74) is 6.28.